The maximum Gasteiger partial charge on any atom is 0.166 e. The topological polar surface area (TPSA) is 35.5 Å². The van der Waals surface area contributed by atoms with Gasteiger partial charge in [-0.15, -0.1) is 0 Å². The first-order valence-electron chi connectivity index (χ1n) is 6.55. The maximum atomic E-state index is 11.3. The summed E-state index contributed by atoms with van der Waals surface area (Å²) in [6, 6.07) is 0. The third-order valence-electron chi connectivity index (χ3n) is 2.89. The Hall–Kier alpha value is -0.410. The molecule has 2 atom stereocenters. The molecule has 0 radical (unpaired) electrons. The largest absolute Gasteiger partial charge is 0.375 e. The van der Waals surface area contributed by atoms with Crippen LogP contribution in [0.4, 0.5) is 0 Å². The Morgan fingerprint density at radius 2 is 1.88 bits per heavy atom. The number of ether oxygens (including phenoxy) is 2. The second-order valence-electron chi connectivity index (χ2n) is 4.43. The molecule has 1 rings (SSSR count). The molecule has 1 aliphatic rings. The molecule has 0 aliphatic heterocycles. The Balaban J connectivity index is 2.05. The Kier molecular flexibility index (Phi) is 6.65. The average molecular weight is 228 g/mol. The summed E-state index contributed by atoms with van der Waals surface area (Å²) < 4.78 is 11.1. The number of carbonyl (C=O) groups is 1. The summed E-state index contributed by atoms with van der Waals surface area (Å²) in [5, 5.41) is 0. The van der Waals surface area contributed by atoms with Gasteiger partial charge in [0.05, 0.1) is 6.10 Å². The lowest BCUT2D eigenvalue weighted by Crippen LogP contribution is -2.50. The van der Waals surface area contributed by atoms with Crippen molar-refractivity contribution in [2.75, 3.05) is 13.2 Å². The first-order valence-corrected chi connectivity index (χ1v) is 6.55. The lowest BCUT2D eigenvalue weighted by molar-refractivity contribution is -0.165. The van der Waals surface area contributed by atoms with Gasteiger partial charge in [0, 0.05) is 19.6 Å². The van der Waals surface area contributed by atoms with E-state index >= 15 is 0 Å². The summed E-state index contributed by atoms with van der Waals surface area (Å²) in [7, 11) is 0. The average Bonchev–Trinajstić information content (AvgIpc) is 2.27. The monoisotopic (exact) mass is 228 g/mol. The highest BCUT2D eigenvalue weighted by molar-refractivity contribution is 5.90. The van der Waals surface area contributed by atoms with E-state index in [0.29, 0.717) is 13.0 Å². The fourth-order valence-electron chi connectivity index (χ4n) is 1.82. The minimum absolute atomic E-state index is 0.0284. The van der Waals surface area contributed by atoms with E-state index in [1.807, 2.05) is 6.92 Å². The molecule has 0 aromatic carbocycles. The Morgan fingerprint density at radius 3 is 2.50 bits per heavy atom. The van der Waals surface area contributed by atoms with E-state index in [1.54, 1.807) is 0 Å². The zero-order valence-corrected chi connectivity index (χ0v) is 10.5. The molecule has 0 saturated heterocycles. The number of Topliss-reactive ketones (excluding diaryl/α,β-unsaturated/α-hetero) is 1. The van der Waals surface area contributed by atoms with Gasteiger partial charge >= 0.3 is 0 Å². The third-order valence-corrected chi connectivity index (χ3v) is 2.89. The van der Waals surface area contributed by atoms with Crippen molar-refractivity contribution in [3.8, 4) is 0 Å². The van der Waals surface area contributed by atoms with Crippen molar-refractivity contribution in [1.82, 2.24) is 0 Å². The van der Waals surface area contributed by atoms with Crippen LogP contribution in [0.3, 0.4) is 0 Å². The SMILES string of the molecule is CCCCCCOC1CC(=O)C1OCCC. The van der Waals surface area contributed by atoms with Gasteiger partial charge < -0.3 is 9.47 Å². The van der Waals surface area contributed by atoms with Crippen molar-refractivity contribution >= 4 is 5.78 Å². The molecular formula is C13H24O3. The van der Waals surface area contributed by atoms with E-state index in [0.717, 1.165) is 19.4 Å². The van der Waals surface area contributed by atoms with Crippen LogP contribution in [0.2, 0.25) is 0 Å². The van der Waals surface area contributed by atoms with Crippen molar-refractivity contribution in [1.29, 1.82) is 0 Å². The predicted octanol–water partition coefficient (Wildman–Crippen LogP) is 2.72. The van der Waals surface area contributed by atoms with Gasteiger partial charge in [-0.3, -0.25) is 4.79 Å². The van der Waals surface area contributed by atoms with E-state index < -0.39 is 0 Å². The highest BCUT2D eigenvalue weighted by Crippen LogP contribution is 2.23. The van der Waals surface area contributed by atoms with Crippen molar-refractivity contribution in [3.05, 3.63) is 0 Å². The molecular weight excluding hydrogens is 204 g/mol. The van der Waals surface area contributed by atoms with Crippen molar-refractivity contribution in [2.45, 2.75) is 64.6 Å². The number of unbranched alkanes of at least 4 members (excludes halogenated alkanes) is 3. The van der Waals surface area contributed by atoms with E-state index in [2.05, 4.69) is 6.92 Å². The molecule has 94 valence electrons. The van der Waals surface area contributed by atoms with E-state index in [4.69, 9.17) is 9.47 Å². The van der Waals surface area contributed by atoms with Crippen LogP contribution in [0.15, 0.2) is 0 Å². The second kappa shape index (κ2) is 7.80. The molecule has 0 N–H and O–H groups in total. The van der Waals surface area contributed by atoms with E-state index in [9.17, 15) is 4.79 Å². The molecule has 2 unspecified atom stereocenters. The van der Waals surface area contributed by atoms with Gasteiger partial charge in [0.1, 0.15) is 6.10 Å². The second-order valence-corrected chi connectivity index (χ2v) is 4.43. The Bertz CT molecular complexity index is 203. The highest BCUT2D eigenvalue weighted by atomic mass is 16.5. The molecule has 16 heavy (non-hydrogen) atoms. The first kappa shape index (κ1) is 13.7. The number of hydrogen-bond acceptors (Lipinski definition) is 3. The van der Waals surface area contributed by atoms with Crippen LogP contribution in [-0.2, 0) is 14.3 Å². The molecule has 0 bridgehead atoms. The Labute approximate surface area is 98.5 Å². The van der Waals surface area contributed by atoms with Gasteiger partial charge in [0.25, 0.3) is 0 Å². The van der Waals surface area contributed by atoms with Crippen LogP contribution in [-0.4, -0.2) is 31.2 Å². The normalized spacial score (nSPS) is 24.5. The lowest BCUT2D eigenvalue weighted by Gasteiger charge is -2.34. The molecule has 1 fully saturated rings. The zero-order valence-electron chi connectivity index (χ0n) is 10.5. The van der Waals surface area contributed by atoms with Crippen LogP contribution in [0.1, 0.15) is 52.4 Å². The minimum Gasteiger partial charge on any atom is -0.375 e. The molecule has 3 nitrogen and oxygen atoms in total. The quantitative estimate of drug-likeness (QED) is 0.569. The molecule has 0 amide bonds. The Morgan fingerprint density at radius 1 is 1.06 bits per heavy atom. The molecule has 1 saturated carbocycles. The summed E-state index contributed by atoms with van der Waals surface area (Å²) in [6.45, 7) is 5.67. The summed E-state index contributed by atoms with van der Waals surface area (Å²) >= 11 is 0. The predicted molar refractivity (Wildman–Crippen MR) is 63.5 cm³/mol. The standard InChI is InChI=1S/C13H24O3/c1-3-5-6-7-9-15-12-10-11(14)13(12)16-8-4-2/h12-13H,3-10H2,1-2H3. The lowest BCUT2D eigenvalue weighted by atomic mass is 9.90. The van der Waals surface area contributed by atoms with Gasteiger partial charge in [0.15, 0.2) is 5.78 Å². The van der Waals surface area contributed by atoms with Crippen LogP contribution in [0.25, 0.3) is 0 Å². The maximum absolute atomic E-state index is 11.3. The van der Waals surface area contributed by atoms with E-state index in [1.165, 1.54) is 19.3 Å². The van der Waals surface area contributed by atoms with Gasteiger partial charge in [-0.05, 0) is 12.8 Å². The fourth-order valence-corrected chi connectivity index (χ4v) is 1.82. The fraction of sp³-hybridized carbons (Fsp3) is 0.923. The molecule has 0 aromatic heterocycles. The van der Waals surface area contributed by atoms with Crippen molar-refractivity contribution < 1.29 is 14.3 Å². The number of carbonyl (C=O) groups excluding carboxylic acids is 1. The van der Waals surface area contributed by atoms with Gasteiger partial charge in [-0.1, -0.05) is 33.1 Å². The highest BCUT2D eigenvalue weighted by Gasteiger charge is 2.41. The minimum atomic E-state index is -0.272. The van der Waals surface area contributed by atoms with Crippen molar-refractivity contribution in [2.24, 2.45) is 0 Å². The van der Waals surface area contributed by atoms with Crippen LogP contribution < -0.4 is 0 Å². The zero-order chi connectivity index (χ0) is 11.8. The molecule has 0 aromatic rings. The summed E-state index contributed by atoms with van der Waals surface area (Å²) in [4.78, 5) is 11.3. The summed E-state index contributed by atoms with van der Waals surface area (Å²) in [5.74, 6) is 0.201. The molecule has 3 heteroatoms. The van der Waals surface area contributed by atoms with Crippen LogP contribution >= 0.6 is 0 Å². The van der Waals surface area contributed by atoms with Gasteiger partial charge in [-0.25, -0.2) is 0 Å². The molecule has 0 heterocycles. The van der Waals surface area contributed by atoms with Crippen LogP contribution in [0.5, 0.6) is 0 Å². The number of hydrogen-bond donors (Lipinski definition) is 0. The van der Waals surface area contributed by atoms with Crippen molar-refractivity contribution in [3.63, 3.8) is 0 Å². The number of rotatable bonds is 9. The van der Waals surface area contributed by atoms with Gasteiger partial charge in [0.2, 0.25) is 0 Å². The van der Waals surface area contributed by atoms with Gasteiger partial charge in [-0.2, -0.15) is 0 Å². The summed E-state index contributed by atoms with van der Waals surface area (Å²) in [6.07, 6.45) is 6.07. The molecule has 0 spiro atoms. The smallest absolute Gasteiger partial charge is 0.166 e. The molecule has 1 aliphatic carbocycles. The number of ketones is 1. The van der Waals surface area contributed by atoms with E-state index in [-0.39, 0.29) is 18.0 Å². The summed E-state index contributed by atoms with van der Waals surface area (Å²) in [5.41, 5.74) is 0. The first-order chi connectivity index (χ1) is 7.79. The third kappa shape index (κ3) is 4.22. The van der Waals surface area contributed by atoms with Crippen LogP contribution in [0, 0.1) is 0 Å².